The highest BCUT2D eigenvalue weighted by molar-refractivity contribution is 7.99. The predicted octanol–water partition coefficient (Wildman–Crippen LogP) is 3.44. The summed E-state index contributed by atoms with van der Waals surface area (Å²) in [7, 11) is -3.12. The lowest BCUT2D eigenvalue weighted by Crippen LogP contribution is -2.42. The van der Waals surface area contributed by atoms with Crippen molar-refractivity contribution < 1.29 is 13.2 Å². The van der Waals surface area contributed by atoms with Crippen molar-refractivity contribution in [1.82, 2.24) is 15.2 Å². The largest absolute Gasteiger partial charge is 0.308 e. The molecule has 1 amide bonds. The van der Waals surface area contributed by atoms with Crippen molar-refractivity contribution in [2.24, 2.45) is 0 Å². The van der Waals surface area contributed by atoms with E-state index in [1.807, 2.05) is 42.5 Å². The molecule has 0 spiro atoms. The van der Waals surface area contributed by atoms with E-state index in [4.69, 9.17) is 11.6 Å². The van der Waals surface area contributed by atoms with Gasteiger partial charge in [0.25, 0.3) is 0 Å². The lowest BCUT2D eigenvalue weighted by Gasteiger charge is -2.28. The normalized spacial score (nSPS) is 17.7. The van der Waals surface area contributed by atoms with E-state index < -0.39 is 9.84 Å². The summed E-state index contributed by atoms with van der Waals surface area (Å²) in [4.78, 5) is 19.1. The van der Waals surface area contributed by atoms with Gasteiger partial charge in [0.1, 0.15) is 0 Å². The van der Waals surface area contributed by atoms with Crippen LogP contribution in [0.2, 0.25) is 5.02 Å². The molecular weight excluding hydrogens is 444 g/mol. The van der Waals surface area contributed by atoms with Crippen molar-refractivity contribution in [3.8, 4) is 11.4 Å². The molecule has 0 unspecified atom stereocenters. The zero-order valence-electron chi connectivity index (χ0n) is 15.9. The maximum atomic E-state index is 13.1. The number of aromatic nitrogens is 3. The first kappa shape index (κ1) is 20.9. The van der Waals surface area contributed by atoms with Gasteiger partial charge in [0, 0.05) is 16.3 Å². The Morgan fingerprint density at radius 2 is 1.90 bits per heavy atom. The maximum absolute atomic E-state index is 13.1. The smallest absolute Gasteiger partial charge is 0.237 e. The number of hydrogen-bond acceptors (Lipinski definition) is 6. The molecule has 156 valence electrons. The lowest BCUT2D eigenvalue weighted by atomic mass is 10.2. The third-order valence-electron chi connectivity index (χ3n) is 4.78. The van der Waals surface area contributed by atoms with E-state index in [1.54, 1.807) is 17.0 Å². The third-order valence-corrected chi connectivity index (χ3v) is 7.62. The Hall–Kier alpha value is -2.36. The van der Waals surface area contributed by atoms with Gasteiger partial charge in [-0.1, -0.05) is 41.6 Å². The molecule has 4 rings (SSSR count). The van der Waals surface area contributed by atoms with E-state index >= 15 is 0 Å². The summed E-state index contributed by atoms with van der Waals surface area (Å²) in [5, 5.41) is 8.11. The van der Waals surface area contributed by atoms with Crippen molar-refractivity contribution >= 4 is 44.8 Å². The molecule has 3 aromatic rings. The van der Waals surface area contributed by atoms with Crippen molar-refractivity contribution in [1.29, 1.82) is 0 Å². The minimum atomic E-state index is -3.12. The number of amides is 1. The molecule has 1 aliphatic rings. The number of rotatable bonds is 6. The molecule has 2 aromatic carbocycles. The molecule has 0 radical (unpaired) electrons. The number of nitrogens with one attached hydrogen (secondary N) is 1. The molecule has 2 heterocycles. The van der Waals surface area contributed by atoms with E-state index in [9.17, 15) is 13.2 Å². The first-order chi connectivity index (χ1) is 14.4. The van der Waals surface area contributed by atoms with Crippen LogP contribution in [0.3, 0.4) is 0 Å². The van der Waals surface area contributed by atoms with Crippen LogP contribution in [-0.4, -0.2) is 52.8 Å². The molecule has 1 aromatic heterocycles. The molecule has 30 heavy (non-hydrogen) atoms. The van der Waals surface area contributed by atoms with Gasteiger partial charge in [-0.05, 0) is 42.8 Å². The molecule has 0 saturated carbocycles. The van der Waals surface area contributed by atoms with Crippen LogP contribution in [0.15, 0.2) is 59.8 Å². The Labute approximate surface area is 183 Å². The monoisotopic (exact) mass is 462 g/mol. The number of halogens is 1. The summed E-state index contributed by atoms with van der Waals surface area (Å²) < 4.78 is 23.9. The molecular formula is C20H19ClN4O3S2. The number of anilines is 1. The number of aromatic amines is 1. The molecule has 0 bridgehead atoms. The van der Waals surface area contributed by atoms with E-state index in [1.165, 1.54) is 11.8 Å². The van der Waals surface area contributed by atoms with Gasteiger partial charge in [0.05, 0.1) is 23.3 Å². The highest BCUT2D eigenvalue weighted by Crippen LogP contribution is 2.27. The van der Waals surface area contributed by atoms with Crippen LogP contribution in [0, 0.1) is 0 Å². The highest BCUT2D eigenvalue weighted by Gasteiger charge is 2.35. The van der Waals surface area contributed by atoms with Crippen LogP contribution in [0.5, 0.6) is 0 Å². The number of para-hydroxylation sites is 1. The van der Waals surface area contributed by atoms with E-state index in [2.05, 4.69) is 15.2 Å². The second-order valence-electron chi connectivity index (χ2n) is 6.92. The Morgan fingerprint density at radius 3 is 2.57 bits per heavy atom. The Morgan fingerprint density at radius 1 is 1.17 bits per heavy atom. The molecule has 10 heteroatoms. The fourth-order valence-electron chi connectivity index (χ4n) is 3.37. The highest BCUT2D eigenvalue weighted by atomic mass is 35.5. The Bertz CT molecular complexity index is 1130. The molecule has 1 fully saturated rings. The SMILES string of the molecule is O=C(CSc1n[nH]c(-c2ccc(Cl)cc2)n1)N(c1ccccc1)[C@H]1CCS(=O)(=O)C1. The van der Waals surface area contributed by atoms with E-state index in [0.29, 0.717) is 28.1 Å². The number of benzene rings is 2. The second-order valence-corrected chi connectivity index (χ2v) is 10.5. The summed E-state index contributed by atoms with van der Waals surface area (Å²) in [6.45, 7) is 0. The summed E-state index contributed by atoms with van der Waals surface area (Å²) in [6, 6.07) is 16.0. The van der Waals surface area contributed by atoms with Crippen LogP contribution >= 0.6 is 23.4 Å². The first-order valence-corrected chi connectivity index (χ1v) is 12.5. The fraction of sp³-hybridized carbons (Fsp3) is 0.250. The summed E-state index contributed by atoms with van der Waals surface area (Å²) in [5.74, 6) is 0.602. The second kappa shape index (κ2) is 8.79. The van der Waals surface area contributed by atoms with Gasteiger partial charge >= 0.3 is 0 Å². The Kier molecular flexibility index (Phi) is 6.12. The van der Waals surface area contributed by atoms with Crippen molar-refractivity contribution in [3.63, 3.8) is 0 Å². The van der Waals surface area contributed by atoms with E-state index in [-0.39, 0.29) is 29.2 Å². The number of thioether (sulfide) groups is 1. The van der Waals surface area contributed by atoms with Gasteiger partial charge in [-0.2, -0.15) is 0 Å². The molecule has 1 atom stereocenters. The van der Waals surface area contributed by atoms with Crippen LogP contribution in [0.25, 0.3) is 11.4 Å². The number of nitrogens with zero attached hydrogens (tertiary/aromatic N) is 3. The minimum Gasteiger partial charge on any atom is -0.308 e. The third kappa shape index (κ3) is 4.85. The molecule has 1 N–H and O–H groups in total. The van der Waals surface area contributed by atoms with Crippen molar-refractivity contribution in [2.45, 2.75) is 17.6 Å². The molecule has 0 aliphatic carbocycles. The number of carbonyl (C=O) groups excluding carboxylic acids is 1. The Balaban J connectivity index is 1.47. The van der Waals surface area contributed by atoms with Crippen LogP contribution in [0.1, 0.15) is 6.42 Å². The summed E-state index contributed by atoms with van der Waals surface area (Å²) in [6.07, 6.45) is 0.439. The number of carbonyl (C=O) groups is 1. The first-order valence-electron chi connectivity index (χ1n) is 9.30. The van der Waals surface area contributed by atoms with Crippen LogP contribution in [0.4, 0.5) is 5.69 Å². The summed E-state index contributed by atoms with van der Waals surface area (Å²) in [5.41, 5.74) is 1.54. The van der Waals surface area contributed by atoms with Gasteiger partial charge in [-0.15, -0.1) is 5.10 Å². The topological polar surface area (TPSA) is 96.0 Å². The fourth-order valence-corrected chi connectivity index (χ4v) is 5.85. The van der Waals surface area contributed by atoms with Gasteiger partial charge in [0.2, 0.25) is 11.1 Å². The average molecular weight is 463 g/mol. The quantitative estimate of drug-likeness (QED) is 0.564. The standard InChI is InChI=1S/C20H19ClN4O3S2/c21-15-8-6-14(7-9-15)19-22-20(24-23-19)29-12-18(26)25(16-4-2-1-3-5-16)17-10-11-30(27,28)13-17/h1-9,17H,10-13H2,(H,22,23,24)/t17-/m0/s1. The van der Waals surface area contributed by atoms with Crippen LogP contribution < -0.4 is 4.90 Å². The zero-order chi connectivity index (χ0) is 21.1. The molecule has 1 saturated heterocycles. The number of sulfone groups is 1. The maximum Gasteiger partial charge on any atom is 0.237 e. The van der Waals surface area contributed by atoms with Crippen molar-refractivity contribution in [3.05, 3.63) is 59.6 Å². The predicted molar refractivity (Wildman–Crippen MR) is 119 cm³/mol. The number of H-pyrrole nitrogens is 1. The zero-order valence-corrected chi connectivity index (χ0v) is 18.3. The summed E-state index contributed by atoms with van der Waals surface area (Å²) >= 11 is 7.12. The van der Waals surface area contributed by atoms with Gasteiger partial charge in [-0.3, -0.25) is 9.89 Å². The number of hydrogen-bond donors (Lipinski definition) is 1. The molecule has 1 aliphatic heterocycles. The molecule has 7 nitrogen and oxygen atoms in total. The van der Waals surface area contributed by atoms with Gasteiger partial charge < -0.3 is 4.90 Å². The van der Waals surface area contributed by atoms with Crippen LogP contribution in [-0.2, 0) is 14.6 Å². The van der Waals surface area contributed by atoms with Gasteiger partial charge in [0.15, 0.2) is 15.7 Å². The van der Waals surface area contributed by atoms with Crippen molar-refractivity contribution in [2.75, 3.05) is 22.2 Å². The van der Waals surface area contributed by atoms with Gasteiger partial charge in [-0.25, -0.2) is 13.4 Å². The van der Waals surface area contributed by atoms with E-state index in [0.717, 1.165) is 5.56 Å². The minimum absolute atomic E-state index is 0.0142. The lowest BCUT2D eigenvalue weighted by molar-refractivity contribution is -0.116. The average Bonchev–Trinajstić information content (AvgIpc) is 3.34.